The Morgan fingerprint density at radius 1 is 0.595 bits per heavy atom. The van der Waals surface area contributed by atoms with Crippen molar-refractivity contribution in [1.82, 2.24) is 19.6 Å². The highest BCUT2D eigenvalue weighted by Gasteiger charge is 2.21. The molecular weight excluding hydrogens is 460 g/mol. The Hall–Kier alpha value is -2.52. The second kappa shape index (κ2) is 13.9. The van der Waals surface area contributed by atoms with Crippen molar-refractivity contribution < 1.29 is 0 Å². The van der Waals surface area contributed by atoms with Gasteiger partial charge in [0.2, 0.25) is 0 Å². The van der Waals surface area contributed by atoms with Crippen molar-refractivity contribution in [3.05, 3.63) is 47.5 Å². The van der Waals surface area contributed by atoms with E-state index in [4.69, 9.17) is 11.5 Å². The van der Waals surface area contributed by atoms with E-state index in [1.807, 2.05) is 12.1 Å². The molecule has 8 heteroatoms. The van der Waals surface area contributed by atoms with Gasteiger partial charge in [-0.1, -0.05) is 0 Å². The summed E-state index contributed by atoms with van der Waals surface area (Å²) in [5, 5.41) is 7.06. The molecule has 2 aromatic rings. The molecule has 0 atom stereocenters. The molecule has 2 fully saturated rings. The van der Waals surface area contributed by atoms with Crippen LogP contribution in [0, 0.1) is 13.8 Å². The second-order valence-corrected chi connectivity index (χ2v) is 10.8. The van der Waals surface area contributed by atoms with Crippen molar-refractivity contribution in [2.45, 2.75) is 33.1 Å². The van der Waals surface area contributed by atoms with Crippen LogP contribution in [0.4, 0.5) is 22.7 Å². The summed E-state index contributed by atoms with van der Waals surface area (Å²) in [6.07, 6.45) is 3.59. The molecule has 0 unspecified atom stereocenters. The van der Waals surface area contributed by atoms with Crippen LogP contribution in [0.3, 0.4) is 0 Å². The Morgan fingerprint density at radius 2 is 0.973 bits per heavy atom. The van der Waals surface area contributed by atoms with E-state index < -0.39 is 0 Å². The minimum atomic E-state index is 0.860. The van der Waals surface area contributed by atoms with Crippen molar-refractivity contribution in [2.24, 2.45) is 0 Å². The number of nitrogens with one attached hydrogen (secondary N) is 2. The van der Waals surface area contributed by atoms with Gasteiger partial charge in [0.1, 0.15) is 0 Å². The molecule has 0 radical (unpaired) electrons. The highest BCUT2D eigenvalue weighted by molar-refractivity contribution is 5.57. The third-order valence-corrected chi connectivity index (χ3v) is 7.71. The zero-order chi connectivity index (χ0) is 26.0. The normalized spacial score (nSPS) is 17.6. The molecule has 4 rings (SSSR count). The monoisotopic (exact) mass is 508 g/mol. The van der Waals surface area contributed by atoms with Gasteiger partial charge in [0.15, 0.2) is 0 Å². The molecule has 8 nitrogen and oxygen atoms in total. The zero-order valence-electron chi connectivity index (χ0n) is 23.0. The van der Waals surface area contributed by atoms with Crippen LogP contribution in [0.15, 0.2) is 36.4 Å². The molecule has 2 saturated heterocycles. The molecule has 0 aliphatic carbocycles. The number of hydrogen-bond donors (Lipinski definition) is 4. The van der Waals surface area contributed by atoms with Crippen LogP contribution in [0.2, 0.25) is 0 Å². The Bertz CT molecular complexity index is 903. The SMILES string of the molecule is Cc1cc(NCCCN2CCN(CCCN3CCN(CCCNc4ccc(N)c(C)c4)C3)C2)ccc1N. The van der Waals surface area contributed by atoms with Gasteiger partial charge in [-0.2, -0.15) is 0 Å². The maximum atomic E-state index is 5.91. The summed E-state index contributed by atoms with van der Waals surface area (Å²) in [6.45, 7) is 17.9. The third-order valence-electron chi connectivity index (χ3n) is 7.71. The Kier molecular flexibility index (Phi) is 10.3. The largest absolute Gasteiger partial charge is 0.399 e. The van der Waals surface area contributed by atoms with Crippen LogP contribution >= 0.6 is 0 Å². The van der Waals surface area contributed by atoms with E-state index in [0.717, 1.165) is 74.9 Å². The first kappa shape index (κ1) is 27.5. The van der Waals surface area contributed by atoms with Gasteiger partial charge in [-0.3, -0.25) is 19.6 Å². The van der Waals surface area contributed by atoms with Gasteiger partial charge in [0.25, 0.3) is 0 Å². The first-order valence-corrected chi connectivity index (χ1v) is 14.1. The van der Waals surface area contributed by atoms with Crippen molar-refractivity contribution in [3.8, 4) is 0 Å². The van der Waals surface area contributed by atoms with Crippen LogP contribution in [0.25, 0.3) is 0 Å². The Morgan fingerprint density at radius 3 is 1.35 bits per heavy atom. The maximum absolute atomic E-state index is 5.91. The van der Waals surface area contributed by atoms with E-state index in [0.29, 0.717) is 0 Å². The molecule has 2 aromatic carbocycles. The van der Waals surface area contributed by atoms with E-state index in [2.05, 4.69) is 68.3 Å². The lowest BCUT2D eigenvalue weighted by Crippen LogP contribution is -2.31. The van der Waals surface area contributed by atoms with Gasteiger partial charge >= 0.3 is 0 Å². The number of benzene rings is 2. The fraction of sp³-hybridized carbons (Fsp3) is 0.586. The maximum Gasteiger partial charge on any atom is 0.0507 e. The minimum absolute atomic E-state index is 0.860. The Balaban J connectivity index is 1.01. The summed E-state index contributed by atoms with van der Waals surface area (Å²) in [6, 6.07) is 12.4. The first-order chi connectivity index (χ1) is 18.0. The molecule has 0 aromatic heterocycles. The molecule has 0 bridgehead atoms. The quantitative estimate of drug-likeness (QED) is 0.228. The number of nitrogens with zero attached hydrogens (tertiary/aromatic N) is 4. The molecule has 0 spiro atoms. The summed E-state index contributed by atoms with van der Waals surface area (Å²) in [5.41, 5.74) is 18.2. The van der Waals surface area contributed by atoms with Crippen LogP contribution < -0.4 is 22.1 Å². The van der Waals surface area contributed by atoms with Crippen LogP contribution in [-0.2, 0) is 0 Å². The van der Waals surface area contributed by atoms with Crippen molar-refractivity contribution in [3.63, 3.8) is 0 Å². The van der Waals surface area contributed by atoms with Gasteiger partial charge in [0, 0.05) is 88.2 Å². The number of aryl methyl sites for hydroxylation is 2. The van der Waals surface area contributed by atoms with Gasteiger partial charge in [-0.25, -0.2) is 0 Å². The summed E-state index contributed by atoms with van der Waals surface area (Å²) in [4.78, 5) is 10.4. The molecule has 204 valence electrons. The number of nitrogen functional groups attached to an aromatic ring is 2. The van der Waals surface area contributed by atoms with E-state index >= 15 is 0 Å². The van der Waals surface area contributed by atoms with Crippen LogP contribution in [-0.4, -0.2) is 98.4 Å². The molecule has 0 amide bonds. The minimum Gasteiger partial charge on any atom is -0.399 e. The van der Waals surface area contributed by atoms with E-state index in [1.165, 1.54) is 57.1 Å². The number of nitrogens with two attached hydrogens (primary N) is 2. The average molecular weight is 509 g/mol. The van der Waals surface area contributed by atoms with Crippen molar-refractivity contribution in [2.75, 3.05) is 101 Å². The molecule has 2 heterocycles. The zero-order valence-corrected chi connectivity index (χ0v) is 23.0. The van der Waals surface area contributed by atoms with Crippen molar-refractivity contribution >= 4 is 22.7 Å². The smallest absolute Gasteiger partial charge is 0.0507 e. The summed E-state index contributed by atoms with van der Waals surface area (Å²) in [7, 11) is 0. The lowest BCUT2D eigenvalue weighted by atomic mass is 10.2. The van der Waals surface area contributed by atoms with E-state index in [-0.39, 0.29) is 0 Å². The second-order valence-electron chi connectivity index (χ2n) is 10.8. The van der Waals surface area contributed by atoms with Crippen molar-refractivity contribution in [1.29, 1.82) is 0 Å². The molecular formula is C29H48N8. The van der Waals surface area contributed by atoms with Crippen LogP contribution in [0.5, 0.6) is 0 Å². The lowest BCUT2D eigenvalue weighted by Gasteiger charge is -2.21. The number of rotatable bonds is 14. The fourth-order valence-electron chi connectivity index (χ4n) is 5.30. The summed E-state index contributed by atoms with van der Waals surface area (Å²) >= 11 is 0. The lowest BCUT2D eigenvalue weighted by molar-refractivity contribution is 0.214. The third kappa shape index (κ3) is 8.78. The molecule has 6 N–H and O–H groups in total. The topological polar surface area (TPSA) is 89.1 Å². The fourth-order valence-corrected chi connectivity index (χ4v) is 5.30. The standard InChI is InChI=1S/C29H48N8/c1-24-20-26(6-8-28(24)30)32-10-3-12-34-16-18-36(22-34)14-5-15-37-19-17-35(23-37)13-4-11-33-27-7-9-29(31)25(2)21-27/h6-9,20-21,32-33H,3-5,10-19,22-23,30-31H2,1-2H3. The van der Waals surface area contributed by atoms with E-state index in [9.17, 15) is 0 Å². The van der Waals surface area contributed by atoms with Crippen LogP contribution in [0.1, 0.15) is 30.4 Å². The Labute approximate surface area is 223 Å². The predicted molar refractivity (Wildman–Crippen MR) is 158 cm³/mol. The number of hydrogen-bond acceptors (Lipinski definition) is 8. The van der Waals surface area contributed by atoms with E-state index in [1.54, 1.807) is 0 Å². The molecule has 37 heavy (non-hydrogen) atoms. The van der Waals surface area contributed by atoms with Gasteiger partial charge < -0.3 is 22.1 Å². The van der Waals surface area contributed by atoms with Gasteiger partial charge in [0.05, 0.1) is 13.3 Å². The van der Waals surface area contributed by atoms with Gasteiger partial charge in [-0.05, 0) is 80.6 Å². The highest BCUT2D eigenvalue weighted by Crippen LogP contribution is 2.18. The predicted octanol–water partition coefficient (Wildman–Crippen LogP) is 3.31. The van der Waals surface area contributed by atoms with Gasteiger partial charge in [-0.15, -0.1) is 0 Å². The molecule has 2 aliphatic rings. The highest BCUT2D eigenvalue weighted by atomic mass is 15.4. The molecule has 0 saturated carbocycles. The first-order valence-electron chi connectivity index (χ1n) is 14.1. The molecule has 2 aliphatic heterocycles. The summed E-state index contributed by atoms with van der Waals surface area (Å²) in [5.74, 6) is 0. The summed E-state index contributed by atoms with van der Waals surface area (Å²) < 4.78 is 0. The average Bonchev–Trinajstić information content (AvgIpc) is 3.53. The number of anilines is 4.